The van der Waals surface area contributed by atoms with Crippen LogP contribution in [0.25, 0.3) is 6.08 Å². The number of nitrogens with one attached hydrogen (secondary N) is 1. The summed E-state index contributed by atoms with van der Waals surface area (Å²) in [4.78, 5) is 23.6. The molecule has 0 aliphatic rings. The molecular formula is C19H13F3N2O3. The fourth-order valence-electron chi connectivity index (χ4n) is 2.19. The Bertz CT molecular complexity index is 926. The number of rotatable bonds is 4. The van der Waals surface area contributed by atoms with Gasteiger partial charge in [-0.3, -0.25) is 4.79 Å². The lowest BCUT2D eigenvalue weighted by atomic mass is 10.0. The normalized spacial score (nSPS) is 11.4. The molecule has 5 nitrogen and oxygen atoms in total. The molecule has 0 fully saturated rings. The second-order valence-electron chi connectivity index (χ2n) is 5.28. The van der Waals surface area contributed by atoms with Crippen LogP contribution in [0.3, 0.4) is 0 Å². The van der Waals surface area contributed by atoms with Crippen molar-refractivity contribution in [1.82, 2.24) is 0 Å². The highest BCUT2D eigenvalue weighted by Crippen LogP contribution is 2.32. The van der Waals surface area contributed by atoms with Crippen molar-refractivity contribution in [1.29, 1.82) is 5.26 Å². The molecule has 2 aromatic rings. The van der Waals surface area contributed by atoms with Gasteiger partial charge in [-0.1, -0.05) is 18.2 Å². The van der Waals surface area contributed by atoms with Gasteiger partial charge in [0, 0.05) is 5.69 Å². The number of nitrogens with zero attached hydrogens (tertiary/aromatic N) is 1. The third-order valence-corrected chi connectivity index (χ3v) is 3.49. The third kappa shape index (κ3) is 4.95. The lowest BCUT2D eigenvalue weighted by Gasteiger charge is -2.10. The molecule has 0 radical (unpaired) electrons. The van der Waals surface area contributed by atoms with Crippen molar-refractivity contribution in [3.05, 3.63) is 70.8 Å². The molecule has 2 aromatic carbocycles. The molecule has 0 heterocycles. The topological polar surface area (TPSA) is 79.2 Å². The molecule has 138 valence electrons. The highest BCUT2D eigenvalue weighted by atomic mass is 19.4. The zero-order valence-electron chi connectivity index (χ0n) is 14.0. The Balaban J connectivity index is 2.26. The molecule has 0 bridgehead atoms. The van der Waals surface area contributed by atoms with E-state index in [9.17, 15) is 22.8 Å². The molecule has 0 atom stereocenters. The van der Waals surface area contributed by atoms with Gasteiger partial charge >= 0.3 is 12.1 Å². The van der Waals surface area contributed by atoms with E-state index in [4.69, 9.17) is 5.26 Å². The number of methoxy groups -OCH3 is 1. The maximum atomic E-state index is 13.0. The molecule has 0 aliphatic carbocycles. The number of amides is 1. The van der Waals surface area contributed by atoms with E-state index in [2.05, 4.69) is 10.1 Å². The Morgan fingerprint density at radius 1 is 1.11 bits per heavy atom. The highest BCUT2D eigenvalue weighted by Gasteiger charge is 2.32. The lowest BCUT2D eigenvalue weighted by Crippen LogP contribution is -2.14. The molecule has 0 saturated carbocycles. The first kappa shape index (κ1) is 19.7. The van der Waals surface area contributed by atoms with Crippen molar-refractivity contribution in [3.8, 4) is 6.07 Å². The summed E-state index contributed by atoms with van der Waals surface area (Å²) in [7, 11) is 1.22. The number of hydrogen-bond donors (Lipinski definition) is 1. The molecule has 1 N–H and O–H groups in total. The number of anilines is 1. The Kier molecular flexibility index (Phi) is 5.98. The molecule has 0 spiro atoms. The van der Waals surface area contributed by atoms with Crippen LogP contribution in [0.4, 0.5) is 18.9 Å². The minimum atomic E-state index is -4.62. The number of halogens is 3. The summed E-state index contributed by atoms with van der Waals surface area (Å²) in [6.07, 6.45) is -3.74. The minimum Gasteiger partial charge on any atom is -0.465 e. The number of carbonyl (C=O) groups is 2. The summed E-state index contributed by atoms with van der Waals surface area (Å²) in [5.41, 5.74) is -1.22. The van der Waals surface area contributed by atoms with Gasteiger partial charge in [-0.2, -0.15) is 18.4 Å². The van der Waals surface area contributed by atoms with Gasteiger partial charge in [0.25, 0.3) is 5.91 Å². The predicted molar refractivity (Wildman–Crippen MR) is 91.4 cm³/mol. The fourth-order valence-corrected chi connectivity index (χ4v) is 2.19. The Hall–Kier alpha value is -3.60. The monoisotopic (exact) mass is 374 g/mol. The standard InChI is InChI=1S/C19H13F3N2O3/c1-27-18(26)12-6-8-15(9-7-12)24-17(25)14(11-23)10-13-4-2-3-5-16(13)19(20,21)22/h2-10H,1H3,(H,24,25)/b14-10-. The second-order valence-corrected chi connectivity index (χ2v) is 5.28. The van der Waals surface area contributed by atoms with E-state index in [1.54, 1.807) is 6.07 Å². The van der Waals surface area contributed by atoms with Crippen LogP contribution in [0, 0.1) is 11.3 Å². The lowest BCUT2D eigenvalue weighted by molar-refractivity contribution is -0.137. The number of nitriles is 1. The number of hydrogen-bond acceptors (Lipinski definition) is 4. The largest absolute Gasteiger partial charge is 0.465 e. The first-order valence-electron chi connectivity index (χ1n) is 7.54. The van der Waals surface area contributed by atoms with Crippen molar-refractivity contribution in [2.24, 2.45) is 0 Å². The summed E-state index contributed by atoms with van der Waals surface area (Å²) in [6.45, 7) is 0. The van der Waals surface area contributed by atoms with Crippen molar-refractivity contribution in [3.63, 3.8) is 0 Å². The van der Waals surface area contributed by atoms with E-state index in [1.165, 1.54) is 49.6 Å². The molecule has 1 amide bonds. The molecule has 0 aliphatic heterocycles. The number of benzene rings is 2. The van der Waals surface area contributed by atoms with E-state index in [-0.39, 0.29) is 16.8 Å². The van der Waals surface area contributed by atoms with E-state index in [1.807, 2.05) is 0 Å². The number of carbonyl (C=O) groups excluding carboxylic acids is 2. The molecule has 0 aromatic heterocycles. The summed E-state index contributed by atoms with van der Waals surface area (Å²) in [5.74, 6) is -1.44. The van der Waals surface area contributed by atoms with Crippen LogP contribution < -0.4 is 5.32 Å². The summed E-state index contributed by atoms with van der Waals surface area (Å²) >= 11 is 0. The predicted octanol–water partition coefficient (Wildman–Crippen LogP) is 4.04. The first-order valence-corrected chi connectivity index (χ1v) is 7.54. The van der Waals surface area contributed by atoms with Gasteiger partial charge in [0.05, 0.1) is 18.2 Å². The van der Waals surface area contributed by atoms with Crippen molar-refractivity contribution >= 4 is 23.6 Å². The number of esters is 1. The van der Waals surface area contributed by atoms with Crippen LogP contribution >= 0.6 is 0 Å². The molecule has 27 heavy (non-hydrogen) atoms. The summed E-state index contributed by atoms with van der Waals surface area (Å²) < 4.78 is 43.6. The van der Waals surface area contributed by atoms with Crippen LogP contribution in [0.2, 0.25) is 0 Å². The van der Waals surface area contributed by atoms with E-state index >= 15 is 0 Å². The van der Waals surface area contributed by atoms with Gasteiger partial charge in [-0.05, 0) is 42.0 Å². The molecular weight excluding hydrogens is 361 g/mol. The maximum Gasteiger partial charge on any atom is 0.416 e. The Morgan fingerprint density at radius 3 is 2.30 bits per heavy atom. The molecule has 2 rings (SSSR count). The highest BCUT2D eigenvalue weighted by molar-refractivity contribution is 6.09. The fraction of sp³-hybridized carbons (Fsp3) is 0.105. The minimum absolute atomic E-state index is 0.255. The van der Waals surface area contributed by atoms with Crippen LogP contribution in [0.1, 0.15) is 21.5 Å². The van der Waals surface area contributed by atoms with E-state index in [0.29, 0.717) is 0 Å². The Morgan fingerprint density at radius 2 is 1.74 bits per heavy atom. The molecule has 0 unspecified atom stereocenters. The van der Waals surface area contributed by atoms with Crippen LogP contribution in [0.15, 0.2) is 54.1 Å². The van der Waals surface area contributed by atoms with Gasteiger partial charge in [0.1, 0.15) is 11.6 Å². The zero-order chi connectivity index (χ0) is 20.0. The quantitative estimate of drug-likeness (QED) is 0.498. The Labute approximate surface area is 152 Å². The number of ether oxygens (including phenoxy) is 1. The van der Waals surface area contributed by atoms with Gasteiger partial charge in [-0.15, -0.1) is 0 Å². The van der Waals surface area contributed by atoms with Gasteiger partial charge in [-0.25, -0.2) is 4.79 Å². The van der Waals surface area contributed by atoms with E-state index in [0.717, 1.165) is 12.1 Å². The average molecular weight is 374 g/mol. The van der Waals surface area contributed by atoms with Crippen LogP contribution in [-0.2, 0) is 15.7 Å². The zero-order valence-corrected chi connectivity index (χ0v) is 14.0. The first-order chi connectivity index (χ1) is 12.8. The SMILES string of the molecule is COC(=O)c1ccc(NC(=O)/C(C#N)=C\c2ccccc2C(F)(F)F)cc1. The van der Waals surface area contributed by atoms with Gasteiger partial charge < -0.3 is 10.1 Å². The average Bonchev–Trinajstić information content (AvgIpc) is 2.65. The smallest absolute Gasteiger partial charge is 0.416 e. The number of alkyl halides is 3. The van der Waals surface area contributed by atoms with Crippen LogP contribution in [0.5, 0.6) is 0 Å². The van der Waals surface area contributed by atoms with Crippen LogP contribution in [-0.4, -0.2) is 19.0 Å². The van der Waals surface area contributed by atoms with E-state index < -0.39 is 29.2 Å². The third-order valence-electron chi connectivity index (χ3n) is 3.49. The van der Waals surface area contributed by atoms with Gasteiger partial charge in [0.15, 0.2) is 0 Å². The second kappa shape index (κ2) is 8.19. The maximum absolute atomic E-state index is 13.0. The summed E-state index contributed by atoms with van der Waals surface area (Å²) in [5, 5.41) is 11.5. The molecule has 8 heteroatoms. The molecule has 0 saturated heterocycles. The van der Waals surface area contributed by atoms with Crippen molar-refractivity contribution in [2.75, 3.05) is 12.4 Å². The van der Waals surface area contributed by atoms with Crippen molar-refractivity contribution in [2.45, 2.75) is 6.18 Å². The van der Waals surface area contributed by atoms with Gasteiger partial charge in [0.2, 0.25) is 0 Å². The summed E-state index contributed by atoms with van der Waals surface area (Å²) in [6, 6.07) is 11.8. The van der Waals surface area contributed by atoms with Crippen molar-refractivity contribution < 1.29 is 27.5 Å².